The molecule has 0 fully saturated rings. The maximum atomic E-state index is 11.5. The van der Waals surface area contributed by atoms with Crippen LogP contribution in [-0.2, 0) is 6.42 Å². The van der Waals surface area contributed by atoms with Crippen LogP contribution in [0.1, 0.15) is 12.5 Å². The van der Waals surface area contributed by atoms with Gasteiger partial charge in [-0.1, -0.05) is 43.3 Å². The minimum absolute atomic E-state index is 0.0966. The second-order valence-corrected chi connectivity index (χ2v) is 5.83. The van der Waals surface area contributed by atoms with E-state index in [1.807, 2.05) is 37.3 Å². The normalized spacial score (nSPS) is 10.9. The third-order valence-corrected chi connectivity index (χ3v) is 4.13. The number of nitrogens with zero attached hydrogens (tertiary/aromatic N) is 5. The van der Waals surface area contributed by atoms with Crippen LogP contribution in [0, 0.1) is 10.1 Å². The Labute approximate surface area is 154 Å². The summed E-state index contributed by atoms with van der Waals surface area (Å²) in [6, 6.07) is 16.2. The fraction of sp³-hybridized carbons (Fsp3) is 0.105. The standard InChI is InChI=1S/C19H15N5O3/c1-2-13-8-9-17(16(10-13)24(25)26)27-18-11-15(14-6-4-3-5-7-14)22-19-20-12-21-23(18)19/h3-12H,2H2,1H3. The summed E-state index contributed by atoms with van der Waals surface area (Å²) >= 11 is 0. The second kappa shape index (κ2) is 6.83. The highest BCUT2D eigenvalue weighted by atomic mass is 16.6. The highest BCUT2D eigenvalue weighted by molar-refractivity contribution is 5.62. The highest BCUT2D eigenvalue weighted by Crippen LogP contribution is 2.33. The van der Waals surface area contributed by atoms with Crippen LogP contribution in [0.3, 0.4) is 0 Å². The van der Waals surface area contributed by atoms with E-state index >= 15 is 0 Å². The molecule has 0 saturated carbocycles. The van der Waals surface area contributed by atoms with Crippen molar-refractivity contribution in [2.75, 3.05) is 0 Å². The quantitative estimate of drug-likeness (QED) is 0.393. The van der Waals surface area contributed by atoms with Gasteiger partial charge in [-0.2, -0.15) is 14.6 Å². The zero-order valence-corrected chi connectivity index (χ0v) is 14.4. The summed E-state index contributed by atoms with van der Waals surface area (Å²) in [5, 5.41) is 15.6. The van der Waals surface area contributed by atoms with E-state index in [0.717, 1.165) is 11.1 Å². The van der Waals surface area contributed by atoms with Crippen molar-refractivity contribution in [3.63, 3.8) is 0 Å². The Bertz CT molecular complexity index is 1120. The molecule has 8 heteroatoms. The van der Waals surface area contributed by atoms with Gasteiger partial charge in [-0.05, 0) is 18.1 Å². The highest BCUT2D eigenvalue weighted by Gasteiger charge is 2.19. The molecule has 0 radical (unpaired) electrons. The number of nitro groups is 1. The van der Waals surface area contributed by atoms with Crippen LogP contribution in [0.25, 0.3) is 17.0 Å². The summed E-state index contributed by atoms with van der Waals surface area (Å²) in [5.41, 5.74) is 2.28. The van der Waals surface area contributed by atoms with Crippen molar-refractivity contribution < 1.29 is 9.66 Å². The molecule has 0 aliphatic carbocycles. The summed E-state index contributed by atoms with van der Waals surface area (Å²) in [4.78, 5) is 19.6. The molecular formula is C19H15N5O3. The number of aromatic nitrogens is 4. The van der Waals surface area contributed by atoms with Crippen LogP contribution in [0.5, 0.6) is 11.6 Å². The Morgan fingerprint density at radius 2 is 1.96 bits per heavy atom. The number of benzene rings is 2. The first-order valence-electron chi connectivity index (χ1n) is 8.37. The van der Waals surface area contributed by atoms with Gasteiger partial charge in [0.05, 0.1) is 10.6 Å². The van der Waals surface area contributed by atoms with Crippen molar-refractivity contribution in [2.24, 2.45) is 0 Å². The minimum Gasteiger partial charge on any atom is -0.432 e. The monoisotopic (exact) mass is 361 g/mol. The Hall–Kier alpha value is -3.81. The van der Waals surface area contributed by atoms with Gasteiger partial charge in [0, 0.05) is 17.7 Å². The van der Waals surface area contributed by atoms with Crippen molar-refractivity contribution >= 4 is 11.5 Å². The summed E-state index contributed by atoms with van der Waals surface area (Å²) < 4.78 is 7.29. The Morgan fingerprint density at radius 1 is 1.15 bits per heavy atom. The minimum atomic E-state index is -0.452. The van der Waals surface area contributed by atoms with Gasteiger partial charge >= 0.3 is 5.69 Å². The lowest BCUT2D eigenvalue weighted by Crippen LogP contribution is -2.01. The number of ether oxygens (including phenoxy) is 1. The molecule has 8 nitrogen and oxygen atoms in total. The van der Waals surface area contributed by atoms with Crippen molar-refractivity contribution in [1.82, 2.24) is 19.6 Å². The van der Waals surface area contributed by atoms with Gasteiger partial charge < -0.3 is 4.74 Å². The van der Waals surface area contributed by atoms with E-state index in [1.165, 1.54) is 16.9 Å². The largest absolute Gasteiger partial charge is 0.432 e. The van der Waals surface area contributed by atoms with E-state index in [9.17, 15) is 10.1 Å². The average Bonchev–Trinajstić information content (AvgIpc) is 3.18. The molecule has 2 aromatic carbocycles. The summed E-state index contributed by atoms with van der Waals surface area (Å²) in [7, 11) is 0. The molecule has 0 saturated heterocycles. The molecule has 0 bridgehead atoms. The SMILES string of the molecule is CCc1ccc(Oc2cc(-c3ccccc3)nc3ncnn23)c([N+](=O)[O-])c1. The molecule has 0 unspecified atom stereocenters. The van der Waals surface area contributed by atoms with Gasteiger partial charge in [0.2, 0.25) is 11.6 Å². The molecule has 4 rings (SSSR count). The zero-order valence-electron chi connectivity index (χ0n) is 14.4. The van der Waals surface area contributed by atoms with Gasteiger partial charge in [0.1, 0.15) is 6.33 Å². The number of nitro benzene ring substituents is 1. The maximum Gasteiger partial charge on any atom is 0.311 e. The van der Waals surface area contributed by atoms with Gasteiger partial charge in [0.25, 0.3) is 5.78 Å². The van der Waals surface area contributed by atoms with Crippen LogP contribution in [0.15, 0.2) is 60.9 Å². The number of hydrogen-bond donors (Lipinski definition) is 0. The molecule has 0 atom stereocenters. The van der Waals surface area contributed by atoms with E-state index in [1.54, 1.807) is 18.2 Å². The Balaban J connectivity index is 1.83. The zero-order chi connectivity index (χ0) is 18.8. The van der Waals surface area contributed by atoms with Crippen molar-refractivity contribution in [1.29, 1.82) is 0 Å². The van der Waals surface area contributed by atoms with Gasteiger partial charge in [-0.15, -0.1) is 0 Å². The predicted octanol–water partition coefficient (Wildman–Crippen LogP) is 4.05. The van der Waals surface area contributed by atoms with E-state index < -0.39 is 4.92 Å². The van der Waals surface area contributed by atoms with Crippen molar-refractivity contribution in [2.45, 2.75) is 13.3 Å². The molecule has 0 N–H and O–H groups in total. The lowest BCUT2D eigenvalue weighted by atomic mass is 10.1. The van der Waals surface area contributed by atoms with E-state index in [2.05, 4.69) is 15.1 Å². The number of fused-ring (bicyclic) bond motifs is 1. The molecule has 0 aliphatic rings. The summed E-state index contributed by atoms with van der Waals surface area (Å²) in [5.74, 6) is 0.780. The summed E-state index contributed by atoms with van der Waals surface area (Å²) in [6.07, 6.45) is 2.06. The van der Waals surface area contributed by atoms with E-state index in [4.69, 9.17) is 4.74 Å². The molecule has 4 aromatic rings. The van der Waals surface area contributed by atoms with Gasteiger partial charge in [-0.25, -0.2) is 4.98 Å². The molecule has 0 amide bonds. The fourth-order valence-electron chi connectivity index (χ4n) is 2.74. The average molecular weight is 361 g/mol. The lowest BCUT2D eigenvalue weighted by Gasteiger charge is -2.10. The van der Waals surface area contributed by atoms with Crippen LogP contribution < -0.4 is 4.74 Å². The third kappa shape index (κ3) is 3.20. The molecular weight excluding hydrogens is 346 g/mol. The first-order valence-corrected chi connectivity index (χ1v) is 8.37. The summed E-state index contributed by atoms with van der Waals surface area (Å²) in [6.45, 7) is 1.94. The molecule has 27 heavy (non-hydrogen) atoms. The number of aryl methyl sites for hydroxylation is 1. The number of hydrogen-bond acceptors (Lipinski definition) is 6. The molecule has 0 spiro atoms. The second-order valence-electron chi connectivity index (χ2n) is 5.83. The Morgan fingerprint density at radius 3 is 2.70 bits per heavy atom. The van der Waals surface area contributed by atoms with Crippen LogP contribution >= 0.6 is 0 Å². The van der Waals surface area contributed by atoms with Crippen molar-refractivity contribution in [3.8, 4) is 22.9 Å². The maximum absolute atomic E-state index is 11.5. The smallest absolute Gasteiger partial charge is 0.311 e. The molecule has 2 aromatic heterocycles. The van der Waals surface area contributed by atoms with Crippen molar-refractivity contribution in [3.05, 3.63) is 76.6 Å². The van der Waals surface area contributed by atoms with Crippen LogP contribution in [0.2, 0.25) is 0 Å². The van der Waals surface area contributed by atoms with Crippen LogP contribution in [-0.4, -0.2) is 24.5 Å². The lowest BCUT2D eigenvalue weighted by molar-refractivity contribution is -0.385. The Kier molecular flexibility index (Phi) is 4.21. The van der Waals surface area contributed by atoms with Gasteiger partial charge in [-0.3, -0.25) is 10.1 Å². The van der Waals surface area contributed by atoms with Gasteiger partial charge in [0.15, 0.2) is 0 Å². The number of rotatable bonds is 5. The van der Waals surface area contributed by atoms with Crippen LogP contribution in [0.4, 0.5) is 5.69 Å². The molecule has 2 heterocycles. The van der Waals surface area contributed by atoms with E-state index in [0.29, 0.717) is 23.8 Å². The molecule has 0 aliphatic heterocycles. The fourth-order valence-corrected chi connectivity index (χ4v) is 2.74. The third-order valence-electron chi connectivity index (χ3n) is 4.13. The topological polar surface area (TPSA) is 95.5 Å². The van der Waals surface area contributed by atoms with E-state index in [-0.39, 0.29) is 11.4 Å². The first-order chi connectivity index (χ1) is 13.2. The molecule has 134 valence electrons. The first kappa shape index (κ1) is 16.6. The predicted molar refractivity (Wildman–Crippen MR) is 98.8 cm³/mol.